The minimum atomic E-state index is -0.753. The molecule has 6 rings (SSSR count). The Kier molecular flexibility index (Phi) is 10.1. The molecule has 2 fully saturated rings. The summed E-state index contributed by atoms with van der Waals surface area (Å²) < 4.78 is 39.3. The Balaban J connectivity index is 1.12. The van der Waals surface area contributed by atoms with Gasteiger partial charge in [0.15, 0.2) is 5.76 Å². The molecule has 1 aromatic heterocycles. The summed E-state index contributed by atoms with van der Waals surface area (Å²) in [5.74, 6) is -0.814. The first-order chi connectivity index (χ1) is 22.7. The Morgan fingerprint density at radius 2 is 1.81 bits per heavy atom. The molecule has 1 saturated heterocycles. The van der Waals surface area contributed by atoms with Crippen molar-refractivity contribution in [2.24, 2.45) is 5.92 Å². The maximum absolute atomic E-state index is 14.3. The average molecular weight is 684 g/mol. The fourth-order valence-electron chi connectivity index (χ4n) is 6.00. The minimum Gasteiger partial charge on any atom is -0.486 e. The minimum absolute atomic E-state index is 0.0142. The summed E-state index contributed by atoms with van der Waals surface area (Å²) in [6, 6.07) is 16.9. The van der Waals surface area contributed by atoms with E-state index in [9.17, 15) is 18.4 Å². The number of ether oxygens (including phenoxy) is 1. The molecule has 0 radical (unpaired) electrons. The fraction of sp³-hybridized carbons (Fsp3) is 0.343. The highest BCUT2D eigenvalue weighted by atomic mass is 35.5. The van der Waals surface area contributed by atoms with Gasteiger partial charge < -0.3 is 24.8 Å². The standard InChI is InChI=1S/C35H34Cl2F2N4O4/c1-20(44)41-16-21-2-9-29(36)23(14-21)18-43(24-5-6-24)35(45)28-17-40-13-12-27(28)22-3-7-25(8-4-22)46-19-26-15-32(42-47-26)33-30(38)10-11-31(39)34(33)37/h2-4,7-11,14-15,24,27-28,40H,5-6,12-13,16-19H2,1H3,(H,41,44)/t27-,28+/m1/s1. The van der Waals surface area contributed by atoms with Gasteiger partial charge in [-0.05, 0) is 78.7 Å². The largest absolute Gasteiger partial charge is 0.486 e. The van der Waals surface area contributed by atoms with Gasteiger partial charge in [-0.15, -0.1) is 0 Å². The lowest BCUT2D eigenvalue weighted by Gasteiger charge is -2.36. The van der Waals surface area contributed by atoms with Crippen LogP contribution >= 0.6 is 23.2 Å². The highest BCUT2D eigenvalue weighted by molar-refractivity contribution is 6.33. The van der Waals surface area contributed by atoms with Crippen LogP contribution in [0.1, 0.15) is 54.6 Å². The highest BCUT2D eigenvalue weighted by Gasteiger charge is 2.40. The molecule has 246 valence electrons. The van der Waals surface area contributed by atoms with Crippen LogP contribution in [0.2, 0.25) is 10.0 Å². The van der Waals surface area contributed by atoms with E-state index in [1.807, 2.05) is 47.4 Å². The summed E-state index contributed by atoms with van der Waals surface area (Å²) in [5.41, 5.74) is 2.73. The predicted molar refractivity (Wildman–Crippen MR) is 174 cm³/mol. The van der Waals surface area contributed by atoms with Crippen molar-refractivity contribution in [1.29, 1.82) is 0 Å². The molecule has 2 N–H and O–H groups in total. The van der Waals surface area contributed by atoms with Gasteiger partial charge in [0, 0.05) is 43.7 Å². The van der Waals surface area contributed by atoms with Crippen LogP contribution in [0.4, 0.5) is 8.78 Å². The summed E-state index contributed by atoms with van der Waals surface area (Å²) >= 11 is 12.5. The first-order valence-electron chi connectivity index (χ1n) is 15.5. The van der Waals surface area contributed by atoms with Gasteiger partial charge in [-0.2, -0.15) is 0 Å². The zero-order valence-electron chi connectivity index (χ0n) is 25.7. The zero-order valence-corrected chi connectivity index (χ0v) is 27.2. The van der Waals surface area contributed by atoms with Gasteiger partial charge in [0.2, 0.25) is 11.8 Å². The number of aromatic nitrogens is 1. The summed E-state index contributed by atoms with van der Waals surface area (Å²) in [5, 5.41) is 10.3. The van der Waals surface area contributed by atoms with E-state index in [4.69, 9.17) is 32.5 Å². The van der Waals surface area contributed by atoms with E-state index in [0.717, 1.165) is 54.6 Å². The van der Waals surface area contributed by atoms with E-state index < -0.39 is 11.6 Å². The molecule has 2 atom stereocenters. The number of carbonyl (C=O) groups is 2. The van der Waals surface area contributed by atoms with Crippen molar-refractivity contribution < 1.29 is 27.6 Å². The van der Waals surface area contributed by atoms with Gasteiger partial charge in [0.1, 0.15) is 29.7 Å². The van der Waals surface area contributed by atoms with E-state index in [1.54, 1.807) is 0 Å². The molecule has 0 spiro atoms. The smallest absolute Gasteiger partial charge is 0.228 e. The molecule has 47 heavy (non-hydrogen) atoms. The molecule has 8 nitrogen and oxygen atoms in total. The topological polar surface area (TPSA) is 96.7 Å². The zero-order chi connectivity index (χ0) is 33.1. The second kappa shape index (κ2) is 14.4. The van der Waals surface area contributed by atoms with Crippen LogP contribution < -0.4 is 15.4 Å². The van der Waals surface area contributed by atoms with Gasteiger partial charge in [0.25, 0.3) is 0 Å². The second-order valence-corrected chi connectivity index (χ2v) is 12.8. The molecule has 12 heteroatoms. The maximum atomic E-state index is 14.3. The molecule has 1 aliphatic heterocycles. The molecule has 2 amide bonds. The second-order valence-electron chi connectivity index (χ2n) is 12.0. The quantitative estimate of drug-likeness (QED) is 0.165. The Morgan fingerprint density at radius 1 is 1.04 bits per heavy atom. The average Bonchev–Trinajstić information content (AvgIpc) is 3.81. The van der Waals surface area contributed by atoms with Crippen molar-refractivity contribution in [2.75, 3.05) is 13.1 Å². The highest BCUT2D eigenvalue weighted by Crippen LogP contribution is 2.38. The van der Waals surface area contributed by atoms with Crippen molar-refractivity contribution in [1.82, 2.24) is 20.7 Å². The summed E-state index contributed by atoms with van der Waals surface area (Å²) in [6.07, 6.45) is 2.73. The molecule has 1 saturated carbocycles. The van der Waals surface area contributed by atoms with Gasteiger partial charge >= 0.3 is 0 Å². The van der Waals surface area contributed by atoms with Crippen molar-refractivity contribution >= 4 is 35.0 Å². The van der Waals surface area contributed by atoms with Crippen LogP contribution in [-0.4, -0.2) is 41.0 Å². The van der Waals surface area contributed by atoms with Crippen LogP contribution in [0.25, 0.3) is 11.3 Å². The van der Waals surface area contributed by atoms with Gasteiger partial charge in [-0.1, -0.05) is 52.6 Å². The Bertz CT molecular complexity index is 1760. The lowest BCUT2D eigenvalue weighted by atomic mass is 9.80. The maximum Gasteiger partial charge on any atom is 0.228 e. The van der Waals surface area contributed by atoms with Crippen molar-refractivity contribution in [3.8, 4) is 17.0 Å². The van der Waals surface area contributed by atoms with Crippen LogP contribution in [0.15, 0.2) is 65.2 Å². The van der Waals surface area contributed by atoms with E-state index in [2.05, 4.69) is 15.8 Å². The number of hydrogen-bond acceptors (Lipinski definition) is 6. The number of hydrogen-bond donors (Lipinski definition) is 2. The number of piperidine rings is 1. The van der Waals surface area contributed by atoms with Crippen molar-refractivity contribution in [3.63, 3.8) is 0 Å². The number of nitrogens with one attached hydrogen (secondary N) is 2. The molecule has 0 bridgehead atoms. The molecule has 3 aromatic carbocycles. The lowest BCUT2D eigenvalue weighted by Crippen LogP contribution is -2.47. The van der Waals surface area contributed by atoms with E-state index in [0.29, 0.717) is 36.2 Å². The van der Waals surface area contributed by atoms with E-state index >= 15 is 0 Å². The van der Waals surface area contributed by atoms with Crippen LogP contribution in [0.3, 0.4) is 0 Å². The van der Waals surface area contributed by atoms with Crippen LogP contribution in [0.5, 0.6) is 5.75 Å². The molecule has 0 unspecified atom stereocenters. The number of carbonyl (C=O) groups excluding carboxylic acids is 2. The normalized spacial score (nSPS) is 17.7. The molecule has 1 aliphatic carbocycles. The fourth-order valence-corrected chi connectivity index (χ4v) is 6.43. The van der Waals surface area contributed by atoms with Gasteiger partial charge in [-0.3, -0.25) is 9.59 Å². The molecule has 4 aromatic rings. The number of benzene rings is 3. The third kappa shape index (κ3) is 7.77. The predicted octanol–water partition coefficient (Wildman–Crippen LogP) is 7.03. The molecule has 2 aliphatic rings. The lowest BCUT2D eigenvalue weighted by molar-refractivity contribution is -0.138. The first-order valence-corrected chi connectivity index (χ1v) is 16.3. The van der Waals surface area contributed by atoms with Crippen molar-refractivity contribution in [3.05, 3.63) is 105 Å². The Labute approximate surface area is 281 Å². The third-order valence-electron chi connectivity index (χ3n) is 8.61. The van der Waals surface area contributed by atoms with Crippen LogP contribution in [0, 0.1) is 17.6 Å². The van der Waals surface area contributed by atoms with Gasteiger partial charge in [0.05, 0.1) is 16.5 Å². The summed E-state index contributed by atoms with van der Waals surface area (Å²) in [6.45, 7) is 3.68. The Morgan fingerprint density at radius 3 is 2.55 bits per heavy atom. The summed E-state index contributed by atoms with van der Waals surface area (Å²) in [4.78, 5) is 27.5. The van der Waals surface area contributed by atoms with Gasteiger partial charge in [-0.25, -0.2) is 8.78 Å². The number of halogens is 4. The number of amides is 2. The monoisotopic (exact) mass is 682 g/mol. The Hall–Kier alpha value is -3.99. The summed E-state index contributed by atoms with van der Waals surface area (Å²) in [7, 11) is 0. The SMILES string of the molecule is CC(=O)NCc1ccc(Cl)c(CN(C(=O)[C@H]2CNCC[C@@H]2c2ccc(OCc3cc(-c4c(F)ccc(F)c4Cl)no3)cc2)C2CC2)c1. The molecule has 2 heterocycles. The van der Waals surface area contributed by atoms with Crippen LogP contribution in [-0.2, 0) is 29.3 Å². The molecular formula is C35H34Cl2F2N4O4. The number of nitrogens with zero attached hydrogens (tertiary/aromatic N) is 2. The van der Waals surface area contributed by atoms with E-state index in [1.165, 1.54) is 13.0 Å². The first kappa shape index (κ1) is 32.9. The molecular weight excluding hydrogens is 649 g/mol. The third-order valence-corrected chi connectivity index (χ3v) is 9.35. The number of rotatable bonds is 11. The van der Waals surface area contributed by atoms with E-state index in [-0.39, 0.29) is 52.6 Å². The van der Waals surface area contributed by atoms with Crippen molar-refractivity contribution in [2.45, 2.75) is 57.8 Å².